The molecule has 4 aliphatic carbocycles. The Morgan fingerprint density at radius 2 is 1.39 bits per heavy atom. The first-order valence-corrected chi connectivity index (χ1v) is 26.4. The van der Waals surface area contributed by atoms with Gasteiger partial charge < -0.3 is 83.7 Å². The summed E-state index contributed by atoms with van der Waals surface area (Å²) in [6.45, 7) is 13.1. The number of rotatable bonds is 10. The van der Waals surface area contributed by atoms with E-state index in [1.54, 1.807) is 24.3 Å². The van der Waals surface area contributed by atoms with E-state index in [9.17, 15) is 40.5 Å². The first-order chi connectivity index (χ1) is 33.8. The van der Waals surface area contributed by atoms with Crippen LogP contribution in [0.5, 0.6) is 5.75 Å². The van der Waals surface area contributed by atoms with Gasteiger partial charge in [0.1, 0.15) is 66.8 Å². The molecule has 0 aromatic heterocycles. The van der Waals surface area contributed by atoms with Crippen molar-refractivity contribution >= 4 is 5.91 Å². The Kier molecular flexibility index (Phi) is 14.6. The van der Waals surface area contributed by atoms with Crippen LogP contribution in [0.1, 0.15) is 110 Å². The van der Waals surface area contributed by atoms with Crippen LogP contribution in [0.3, 0.4) is 0 Å². The summed E-state index contributed by atoms with van der Waals surface area (Å²) in [5.41, 5.74) is 1.76. The topological polar surface area (TPSA) is 254 Å². The van der Waals surface area contributed by atoms with Crippen LogP contribution in [-0.4, -0.2) is 172 Å². The number of benzene rings is 1. The van der Waals surface area contributed by atoms with E-state index in [4.69, 9.17) is 42.6 Å². The Morgan fingerprint density at radius 1 is 0.732 bits per heavy atom. The molecule has 5 heterocycles. The molecule has 398 valence electrons. The molecule has 26 atom stereocenters. The minimum Gasteiger partial charge on any atom is -0.497 e. The second-order valence-corrected chi connectivity index (χ2v) is 23.3. The van der Waals surface area contributed by atoms with Gasteiger partial charge in [0.05, 0.1) is 38.1 Å². The molecule has 1 aromatic rings. The van der Waals surface area contributed by atoms with E-state index in [0.717, 1.165) is 51.6 Å². The highest BCUT2D eigenvalue weighted by molar-refractivity contribution is 5.94. The molecule has 9 aliphatic rings. The highest BCUT2D eigenvalue weighted by Crippen LogP contribution is 2.70. The van der Waals surface area contributed by atoms with Crippen molar-refractivity contribution in [1.29, 1.82) is 0 Å². The number of nitrogens with one attached hydrogen (secondary N) is 1. The third-order valence-corrected chi connectivity index (χ3v) is 19.3. The van der Waals surface area contributed by atoms with E-state index in [1.807, 2.05) is 0 Å². The average molecular weight is 1000 g/mol. The molecule has 8 fully saturated rings. The molecule has 10 rings (SSSR count). The zero-order valence-electron chi connectivity index (χ0n) is 42.2. The zero-order chi connectivity index (χ0) is 50.5. The first-order valence-electron chi connectivity index (χ1n) is 26.4. The second-order valence-electron chi connectivity index (χ2n) is 23.3. The summed E-state index contributed by atoms with van der Waals surface area (Å²) in [5.74, 6) is 2.56. The van der Waals surface area contributed by atoms with Crippen LogP contribution in [0.4, 0.5) is 0 Å². The highest BCUT2D eigenvalue weighted by atomic mass is 16.8. The third-order valence-electron chi connectivity index (χ3n) is 19.3. The van der Waals surface area contributed by atoms with Crippen molar-refractivity contribution in [3.05, 3.63) is 41.5 Å². The van der Waals surface area contributed by atoms with Crippen molar-refractivity contribution in [1.82, 2.24) is 5.32 Å². The number of amides is 1. The third kappa shape index (κ3) is 9.13. The van der Waals surface area contributed by atoms with Gasteiger partial charge in [0.15, 0.2) is 24.7 Å². The first kappa shape index (κ1) is 52.1. The quantitative estimate of drug-likeness (QED) is 0.157. The molecule has 1 unspecified atom stereocenters. The predicted octanol–water partition coefficient (Wildman–Crippen LogP) is 2.69. The molecule has 71 heavy (non-hydrogen) atoms. The predicted molar refractivity (Wildman–Crippen MR) is 251 cm³/mol. The number of carbonyl (C=O) groups excluding carboxylic acids is 1. The van der Waals surface area contributed by atoms with E-state index in [0.29, 0.717) is 59.7 Å². The summed E-state index contributed by atoms with van der Waals surface area (Å²) in [6, 6.07) is 6.48. The summed E-state index contributed by atoms with van der Waals surface area (Å²) in [6.07, 6.45) is -11.2. The fourth-order valence-corrected chi connectivity index (χ4v) is 15.0. The average Bonchev–Trinajstić information content (AvgIpc) is 3.81. The van der Waals surface area contributed by atoms with Crippen molar-refractivity contribution in [3.8, 4) is 5.75 Å². The molecular weight excluding hydrogens is 923 g/mol. The van der Waals surface area contributed by atoms with Gasteiger partial charge >= 0.3 is 0 Å². The molecule has 1 spiro atoms. The van der Waals surface area contributed by atoms with Gasteiger partial charge in [0, 0.05) is 24.4 Å². The number of ether oxygens (including phenoxy) is 9. The molecule has 18 nitrogen and oxygen atoms in total. The molecule has 0 bridgehead atoms. The molecule has 0 radical (unpaired) electrons. The number of aliphatic hydroxyl groups is 7. The number of hydrogen-bond acceptors (Lipinski definition) is 17. The summed E-state index contributed by atoms with van der Waals surface area (Å²) in [4.78, 5) is 13.6. The number of aliphatic hydroxyl groups excluding tert-OH is 7. The fraction of sp³-hybridized carbons (Fsp3) is 0.830. The van der Waals surface area contributed by atoms with E-state index >= 15 is 0 Å². The van der Waals surface area contributed by atoms with Gasteiger partial charge in [-0.05, 0) is 130 Å². The number of allylic oxidation sites excluding steroid dienone is 1. The lowest BCUT2D eigenvalue weighted by molar-refractivity contribution is -0.386. The van der Waals surface area contributed by atoms with Crippen LogP contribution in [0.2, 0.25) is 0 Å². The lowest BCUT2D eigenvalue weighted by Gasteiger charge is -2.59. The Labute approximate surface area is 416 Å². The summed E-state index contributed by atoms with van der Waals surface area (Å²) < 4.78 is 56.7. The molecule has 1 amide bonds. The Balaban J connectivity index is 0.896. The standard InChI is InChI=1S/C53H79NO17/c1-24-14-19-53(64-23-24)25(2)37-35(71-53)21-34-32-13-10-29-20-31(15-17-51(29,5)33(32)16-18-52(34,37)6)67-50-46(70-49-43(60)41(58)39(56)27(4)66-49)44(61)45(69-48-42(59)40(57)38(55)26(3)65-48)36(68-50)22-54-47(62)28-8-11-30(63-7)12-9-28/h8-12,24-27,31-46,48-50,55-61H,13-23H2,1-7H3,(H,54,62)/t24-,25-,26+,27+,31-,32+,33-,34?,35-,36+,37-,38+,39+,40-,41-,42-,43-,44-,45+,46+,48+,49+,50+,51-,52-,53+/m0/s1. The SMILES string of the molecule is COc1ccc(C(=O)NC[C@H]2O[C@@H](O[C@H]3CC[C@@]4(C)C(=CC[C@H]5C6C[C@@H]7O[C@]8(CC[C@H](C)CO8)[C@@H](C)[C@@H]7[C@@]6(C)CC[C@@H]54)C3)[C@H](O[C@H]3O[C@H](C)[C@@H](O)[C@H](O)[C@@H]3O)[C@@H](O)[C@@H]2O[C@H]2O[C@H](C)[C@@H](O)[C@H](O)[C@@H]2O)cc1. The molecule has 3 saturated carbocycles. The van der Waals surface area contributed by atoms with E-state index in [-0.39, 0.29) is 23.5 Å². The lowest BCUT2D eigenvalue weighted by Crippen LogP contribution is -2.67. The van der Waals surface area contributed by atoms with Crippen LogP contribution in [0, 0.1) is 46.3 Å². The monoisotopic (exact) mass is 1000 g/mol. The maximum absolute atomic E-state index is 13.6. The van der Waals surface area contributed by atoms with E-state index in [2.05, 4.69) is 39.1 Å². The van der Waals surface area contributed by atoms with Crippen LogP contribution in [-0.2, 0) is 37.9 Å². The molecule has 1 aromatic carbocycles. The Morgan fingerprint density at radius 3 is 2.03 bits per heavy atom. The van der Waals surface area contributed by atoms with Crippen LogP contribution in [0.25, 0.3) is 0 Å². The summed E-state index contributed by atoms with van der Waals surface area (Å²) in [7, 11) is 1.52. The second kappa shape index (κ2) is 20.0. The zero-order valence-corrected chi connectivity index (χ0v) is 42.2. The number of carbonyl (C=O) groups is 1. The van der Waals surface area contributed by atoms with Gasteiger partial charge in [-0.25, -0.2) is 0 Å². The van der Waals surface area contributed by atoms with Crippen molar-refractivity contribution in [3.63, 3.8) is 0 Å². The summed E-state index contributed by atoms with van der Waals surface area (Å²) in [5, 5.41) is 80.1. The van der Waals surface area contributed by atoms with E-state index in [1.165, 1.54) is 26.5 Å². The summed E-state index contributed by atoms with van der Waals surface area (Å²) >= 11 is 0. The number of hydrogen-bond donors (Lipinski definition) is 8. The van der Waals surface area contributed by atoms with Gasteiger partial charge in [-0.15, -0.1) is 0 Å². The molecule has 8 N–H and O–H groups in total. The maximum Gasteiger partial charge on any atom is 0.251 e. The molecular formula is C53H79NO17. The van der Waals surface area contributed by atoms with Crippen LogP contribution in [0.15, 0.2) is 35.9 Å². The Hall–Kier alpha value is -2.37. The van der Waals surface area contributed by atoms with Gasteiger partial charge in [0.25, 0.3) is 5.91 Å². The number of methoxy groups -OCH3 is 1. The smallest absolute Gasteiger partial charge is 0.251 e. The minimum atomic E-state index is -1.76. The van der Waals surface area contributed by atoms with Crippen LogP contribution >= 0.6 is 0 Å². The van der Waals surface area contributed by atoms with Crippen molar-refractivity contribution in [2.24, 2.45) is 46.3 Å². The van der Waals surface area contributed by atoms with Gasteiger partial charge in [-0.1, -0.05) is 39.3 Å². The van der Waals surface area contributed by atoms with Crippen LogP contribution < -0.4 is 10.1 Å². The van der Waals surface area contributed by atoms with Gasteiger partial charge in [0.2, 0.25) is 0 Å². The van der Waals surface area contributed by atoms with Crippen molar-refractivity contribution in [2.45, 2.75) is 209 Å². The Bertz CT molecular complexity index is 2070. The molecule has 5 saturated heterocycles. The highest BCUT2D eigenvalue weighted by Gasteiger charge is 2.69. The lowest BCUT2D eigenvalue weighted by atomic mass is 9.47. The largest absolute Gasteiger partial charge is 0.497 e. The van der Waals surface area contributed by atoms with Gasteiger partial charge in [-0.2, -0.15) is 0 Å². The van der Waals surface area contributed by atoms with Crippen molar-refractivity contribution < 1.29 is 83.2 Å². The molecule has 5 aliphatic heterocycles. The van der Waals surface area contributed by atoms with Gasteiger partial charge in [-0.3, -0.25) is 4.79 Å². The van der Waals surface area contributed by atoms with Crippen molar-refractivity contribution in [2.75, 3.05) is 20.3 Å². The number of fused-ring (bicyclic) bond motifs is 7. The maximum atomic E-state index is 13.6. The minimum absolute atomic E-state index is 0.0581. The molecule has 18 heteroatoms. The fourth-order valence-electron chi connectivity index (χ4n) is 15.0. The normalized spacial score (nSPS) is 51.6. The van der Waals surface area contributed by atoms with E-state index < -0.39 is 110 Å².